The summed E-state index contributed by atoms with van der Waals surface area (Å²) >= 11 is 0. The van der Waals surface area contributed by atoms with Crippen molar-refractivity contribution in [1.82, 2.24) is 14.7 Å². The van der Waals surface area contributed by atoms with Gasteiger partial charge >= 0.3 is 0 Å². The molecule has 3 N–H and O–H groups in total. The van der Waals surface area contributed by atoms with E-state index in [0.717, 1.165) is 0 Å². The standard InChI is InChI=1S/C8H16N4O/c1-11(2)5-7(13)6-12-4-3-8(9)10-12/h3-4,7,13H,5-6H2,1-2H3,(H2,9,10). The Labute approximate surface area is 77.8 Å². The molecule has 0 aliphatic carbocycles. The van der Waals surface area contributed by atoms with Gasteiger partial charge in [0, 0.05) is 12.7 Å². The average Bonchev–Trinajstić information content (AvgIpc) is 2.33. The van der Waals surface area contributed by atoms with Gasteiger partial charge in [-0.1, -0.05) is 0 Å². The molecule has 0 aliphatic heterocycles. The number of hydrogen-bond donors (Lipinski definition) is 2. The van der Waals surface area contributed by atoms with Crippen LogP contribution in [0.4, 0.5) is 5.82 Å². The molecule has 1 rings (SSSR count). The molecule has 13 heavy (non-hydrogen) atoms. The molecule has 1 heterocycles. The Balaban J connectivity index is 2.40. The van der Waals surface area contributed by atoms with Crippen LogP contribution in [0.3, 0.4) is 0 Å². The van der Waals surface area contributed by atoms with Crippen molar-refractivity contribution in [2.45, 2.75) is 12.6 Å². The number of aliphatic hydroxyl groups is 1. The van der Waals surface area contributed by atoms with Crippen molar-refractivity contribution < 1.29 is 5.11 Å². The second-order valence-electron chi connectivity index (χ2n) is 3.38. The summed E-state index contributed by atoms with van der Waals surface area (Å²) in [7, 11) is 3.83. The van der Waals surface area contributed by atoms with Crippen molar-refractivity contribution in [3.63, 3.8) is 0 Å². The van der Waals surface area contributed by atoms with Crippen LogP contribution in [0.1, 0.15) is 0 Å². The number of nitrogens with two attached hydrogens (primary N) is 1. The van der Waals surface area contributed by atoms with E-state index < -0.39 is 6.10 Å². The van der Waals surface area contributed by atoms with Crippen molar-refractivity contribution in [2.24, 2.45) is 0 Å². The minimum atomic E-state index is -0.408. The molecule has 74 valence electrons. The summed E-state index contributed by atoms with van der Waals surface area (Å²) in [4.78, 5) is 1.93. The second kappa shape index (κ2) is 4.25. The van der Waals surface area contributed by atoms with Crippen LogP contribution in [0.15, 0.2) is 12.3 Å². The molecule has 0 spiro atoms. The van der Waals surface area contributed by atoms with Crippen LogP contribution in [-0.4, -0.2) is 46.5 Å². The minimum Gasteiger partial charge on any atom is -0.390 e. The Morgan fingerprint density at radius 1 is 1.69 bits per heavy atom. The normalized spacial score (nSPS) is 13.5. The van der Waals surface area contributed by atoms with E-state index in [0.29, 0.717) is 18.9 Å². The zero-order valence-corrected chi connectivity index (χ0v) is 8.01. The maximum Gasteiger partial charge on any atom is 0.145 e. The first-order chi connectivity index (χ1) is 6.08. The molecule has 0 saturated carbocycles. The van der Waals surface area contributed by atoms with Gasteiger partial charge in [-0.3, -0.25) is 4.68 Å². The number of hydrogen-bond acceptors (Lipinski definition) is 4. The first-order valence-electron chi connectivity index (χ1n) is 4.19. The lowest BCUT2D eigenvalue weighted by Gasteiger charge is -2.15. The molecule has 0 aliphatic rings. The van der Waals surface area contributed by atoms with Crippen molar-refractivity contribution >= 4 is 5.82 Å². The largest absolute Gasteiger partial charge is 0.390 e. The molecule has 5 heteroatoms. The summed E-state index contributed by atoms with van der Waals surface area (Å²) in [5.41, 5.74) is 5.43. The number of anilines is 1. The number of nitrogens with zero attached hydrogens (tertiary/aromatic N) is 3. The number of aromatic nitrogens is 2. The van der Waals surface area contributed by atoms with E-state index >= 15 is 0 Å². The van der Waals surface area contributed by atoms with E-state index in [9.17, 15) is 5.11 Å². The van der Waals surface area contributed by atoms with Gasteiger partial charge in [0.2, 0.25) is 0 Å². The highest BCUT2D eigenvalue weighted by molar-refractivity contribution is 5.23. The quantitative estimate of drug-likeness (QED) is 0.655. The topological polar surface area (TPSA) is 67.3 Å². The Morgan fingerprint density at radius 3 is 2.85 bits per heavy atom. The van der Waals surface area contributed by atoms with Crippen molar-refractivity contribution in [1.29, 1.82) is 0 Å². The summed E-state index contributed by atoms with van der Waals surface area (Å²) in [5, 5.41) is 13.5. The van der Waals surface area contributed by atoms with Crippen molar-refractivity contribution in [3.8, 4) is 0 Å². The van der Waals surface area contributed by atoms with Crippen LogP contribution in [0, 0.1) is 0 Å². The third-order valence-electron chi connectivity index (χ3n) is 1.63. The Kier molecular flexibility index (Phi) is 3.27. The van der Waals surface area contributed by atoms with Crippen molar-refractivity contribution in [3.05, 3.63) is 12.3 Å². The van der Waals surface area contributed by atoms with E-state index in [1.165, 1.54) is 0 Å². The highest BCUT2D eigenvalue weighted by Crippen LogP contribution is 1.98. The lowest BCUT2D eigenvalue weighted by Crippen LogP contribution is -2.29. The number of rotatable bonds is 4. The van der Waals surface area contributed by atoms with Gasteiger partial charge in [-0.15, -0.1) is 0 Å². The zero-order chi connectivity index (χ0) is 9.84. The van der Waals surface area contributed by atoms with Crippen LogP contribution >= 0.6 is 0 Å². The van der Waals surface area contributed by atoms with Gasteiger partial charge < -0.3 is 15.7 Å². The Morgan fingerprint density at radius 2 is 2.38 bits per heavy atom. The monoisotopic (exact) mass is 184 g/mol. The minimum absolute atomic E-state index is 0.408. The number of likely N-dealkylation sites (N-methyl/N-ethyl adjacent to an activating group) is 1. The smallest absolute Gasteiger partial charge is 0.145 e. The highest BCUT2D eigenvalue weighted by atomic mass is 16.3. The summed E-state index contributed by atoms with van der Waals surface area (Å²) in [5.74, 6) is 0.483. The van der Waals surface area contributed by atoms with Crippen LogP contribution < -0.4 is 5.73 Å². The predicted molar refractivity (Wildman–Crippen MR) is 51.2 cm³/mol. The van der Waals surface area contributed by atoms with E-state index in [1.54, 1.807) is 16.9 Å². The first kappa shape index (κ1) is 10.0. The Hall–Kier alpha value is -1.07. The summed E-state index contributed by atoms with van der Waals surface area (Å²) in [6.07, 6.45) is 1.35. The highest BCUT2D eigenvalue weighted by Gasteiger charge is 2.06. The molecule has 0 bridgehead atoms. The predicted octanol–water partition coefficient (Wildman–Crippen LogP) is -0.612. The van der Waals surface area contributed by atoms with Gasteiger partial charge in [-0.2, -0.15) is 5.10 Å². The van der Waals surface area contributed by atoms with Crippen LogP contribution in [0.25, 0.3) is 0 Å². The second-order valence-corrected chi connectivity index (χ2v) is 3.38. The number of aliphatic hydroxyl groups excluding tert-OH is 1. The lowest BCUT2D eigenvalue weighted by atomic mass is 10.3. The molecule has 0 saturated heterocycles. The van der Waals surface area contributed by atoms with Gasteiger partial charge in [-0.05, 0) is 20.2 Å². The SMILES string of the molecule is CN(C)CC(O)Cn1ccc(N)n1. The molecule has 0 fully saturated rings. The van der Waals surface area contributed by atoms with Crippen LogP contribution in [0.5, 0.6) is 0 Å². The molecule has 1 aromatic rings. The molecule has 0 aromatic carbocycles. The third-order valence-corrected chi connectivity index (χ3v) is 1.63. The maximum atomic E-state index is 9.54. The van der Waals surface area contributed by atoms with Gasteiger partial charge in [0.15, 0.2) is 0 Å². The fourth-order valence-electron chi connectivity index (χ4n) is 1.17. The first-order valence-corrected chi connectivity index (χ1v) is 4.19. The molecule has 1 atom stereocenters. The average molecular weight is 184 g/mol. The molecule has 0 radical (unpaired) electrons. The van der Waals surface area contributed by atoms with Gasteiger partial charge in [-0.25, -0.2) is 0 Å². The zero-order valence-electron chi connectivity index (χ0n) is 8.01. The summed E-state index contributed by atoms with van der Waals surface area (Å²) < 4.78 is 1.64. The van der Waals surface area contributed by atoms with E-state index in [1.807, 2.05) is 19.0 Å². The molecule has 5 nitrogen and oxygen atoms in total. The van der Waals surface area contributed by atoms with E-state index in [2.05, 4.69) is 5.10 Å². The van der Waals surface area contributed by atoms with Gasteiger partial charge in [0.25, 0.3) is 0 Å². The summed E-state index contributed by atoms with van der Waals surface area (Å²) in [6.45, 7) is 1.11. The summed E-state index contributed by atoms with van der Waals surface area (Å²) in [6, 6.07) is 1.71. The fourth-order valence-corrected chi connectivity index (χ4v) is 1.17. The molecule has 1 unspecified atom stereocenters. The maximum absolute atomic E-state index is 9.54. The van der Waals surface area contributed by atoms with E-state index in [4.69, 9.17) is 5.73 Å². The molecule has 0 amide bonds. The van der Waals surface area contributed by atoms with Gasteiger partial charge in [0.05, 0.1) is 12.6 Å². The van der Waals surface area contributed by atoms with Crippen molar-refractivity contribution in [2.75, 3.05) is 26.4 Å². The lowest BCUT2D eigenvalue weighted by molar-refractivity contribution is 0.116. The Bertz CT molecular complexity index is 258. The number of nitrogen functional groups attached to an aromatic ring is 1. The molecular weight excluding hydrogens is 168 g/mol. The molecule has 1 aromatic heterocycles. The van der Waals surface area contributed by atoms with E-state index in [-0.39, 0.29) is 0 Å². The van der Waals surface area contributed by atoms with Crippen LogP contribution in [-0.2, 0) is 6.54 Å². The van der Waals surface area contributed by atoms with Gasteiger partial charge in [0.1, 0.15) is 5.82 Å². The van der Waals surface area contributed by atoms with Crippen LogP contribution in [0.2, 0.25) is 0 Å². The third kappa shape index (κ3) is 3.43. The fraction of sp³-hybridized carbons (Fsp3) is 0.625. The molecular formula is C8H16N4O.